The Kier molecular flexibility index (Phi) is 5.26. The summed E-state index contributed by atoms with van der Waals surface area (Å²) in [4.78, 5) is 0.0967. The van der Waals surface area contributed by atoms with Crippen LogP contribution in [0, 0.1) is 5.82 Å². The van der Waals surface area contributed by atoms with Gasteiger partial charge in [-0.2, -0.15) is 0 Å². The maximum atomic E-state index is 13.8. The maximum Gasteiger partial charge on any atom is 0.214 e. The Morgan fingerprint density at radius 1 is 1.52 bits per heavy atom. The van der Waals surface area contributed by atoms with Crippen LogP contribution < -0.4 is 10.5 Å². The summed E-state index contributed by atoms with van der Waals surface area (Å²) in [5.74, 6) is -0.639. The van der Waals surface area contributed by atoms with Crippen LogP contribution >= 0.6 is 12.2 Å². The van der Waals surface area contributed by atoms with E-state index in [2.05, 4.69) is 4.72 Å². The average Bonchev–Trinajstić information content (AvgIpc) is 2.89. The second kappa shape index (κ2) is 6.78. The topological polar surface area (TPSA) is 81.4 Å². The molecule has 116 valence electrons. The van der Waals surface area contributed by atoms with Crippen LogP contribution in [0.2, 0.25) is 0 Å². The lowest BCUT2D eigenvalue weighted by Crippen LogP contribution is -2.31. The zero-order valence-electron chi connectivity index (χ0n) is 11.3. The van der Waals surface area contributed by atoms with Crippen LogP contribution in [0.25, 0.3) is 0 Å². The molecule has 1 unspecified atom stereocenters. The minimum absolute atomic E-state index is 0.0967. The van der Waals surface area contributed by atoms with Crippen LogP contribution in [-0.4, -0.2) is 31.9 Å². The smallest absolute Gasteiger partial charge is 0.214 e. The third-order valence-corrected chi connectivity index (χ3v) is 4.88. The number of sulfonamides is 1. The van der Waals surface area contributed by atoms with E-state index >= 15 is 0 Å². The van der Waals surface area contributed by atoms with Crippen molar-refractivity contribution in [1.82, 2.24) is 4.72 Å². The molecule has 0 spiro atoms. The molecule has 1 aromatic rings. The number of thiocarbonyl (C=S) groups is 1. The van der Waals surface area contributed by atoms with Crippen LogP contribution in [0.4, 0.5) is 4.39 Å². The highest BCUT2D eigenvalue weighted by atomic mass is 32.2. The lowest BCUT2D eigenvalue weighted by molar-refractivity contribution is 0.127. The van der Waals surface area contributed by atoms with Crippen LogP contribution in [0.3, 0.4) is 0 Å². The number of hydrogen-bond acceptors (Lipinski definition) is 4. The fraction of sp³-hybridized carbons (Fsp3) is 0.462. The number of ether oxygens (including phenoxy) is 1. The van der Waals surface area contributed by atoms with Crippen molar-refractivity contribution in [3.8, 4) is 0 Å². The number of rotatable bonds is 6. The van der Waals surface area contributed by atoms with Gasteiger partial charge in [-0.25, -0.2) is 17.5 Å². The second-order valence-corrected chi connectivity index (χ2v) is 7.20. The summed E-state index contributed by atoms with van der Waals surface area (Å²) in [7, 11) is -3.50. The third kappa shape index (κ3) is 4.70. The van der Waals surface area contributed by atoms with Crippen LogP contribution in [0.15, 0.2) is 18.2 Å². The molecule has 1 saturated heterocycles. The van der Waals surface area contributed by atoms with Gasteiger partial charge in [-0.1, -0.05) is 24.4 Å². The molecule has 3 N–H and O–H groups in total. The number of nitrogens with two attached hydrogens (primary N) is 1. The minimum Gasteiger partial charge on any atom is -0.389 e. The highest BCUT2D eigenvalue weighted by Gasteiger charge is 2.23. The van der Waals surface area contributed by atoms with Crippen molar-refractivity contribution in [3.05, 3.63) is 35.1 Å². The third-order valence-electron chi connectivity index (χ3n) is 3.25. The molecule has 0 bridgehead atoms. The molecule has 1 aliphatic rings. The predicted molar refractivity (Wildman–Crippen MR) is 81.9 cm³/mol. The maximum absolute atomic E-state index is 13.8. The van der Waals surface area contributed by atoms with Gasteiger partial charge in [0, 0.05) is 24.3 Å². The quantitative estimate of drug-likeness (QED) is 0.761. The van der Waals surface area contributed by atoms with Crippen molar-refractivity contribution in [2.75, 3.05) is 12.4 Å². The Morgan fingerprint density at radius 2 is 2.29 bits per heavy atom. The molecule has 5 nitrogen and oxygen atoms in total. The Labute approximate surface area is 128 Å². The van der Waals surface area contributed by atoms with Gasteiger partial charge in [0.05, 0.1) is 11.9 Å². The number of nitrogens with one attached hydrogen (secondary N) is 1. The van der Waals surface area contributed by atoms with Gasteiger partial charge in [0.1, 0.15) is 10.8 Å². The molecule has 21 heavy (non-hydrogen) atoms. The summed E-state index contributed by atoms with van der Waals surface area (Å²) in [5.41, 5.74) is 6.06. The van der Waals surface area contributed by atoms with Gasteiger partial charge in [0.2, 0.25) is 10.0 Å². The van der Waals surface area contributed by atoms with E-state index in [1.807, 2.05) is 0 Å². The van der Waals surface area contributed by atoms with E-state index in [0.29, 0.717) is 12.2 Å². The Bertz CT molecular complexity index is 628. The largest absolute Gasteiger partial charge is 0.389 e. The van der Waals surface area contributed by atoms with Gasteiger partial charge >= 0.3 is 0 Å². The molecule has 0 aromatic heterocycles. The Morgan fingerprint density at radius 3 is 2.86 bits per heavy atom. The first-order valence-corrected chi connectivity index (χ1v) is 8.60. The van der Waals surface area contributed by atoms with Crippen molar-refractivity contribution < 1.29 is 17.5 Å². The van der Waals surface area contributed by atoms with E-state index in [1.54, 1.807) is 6.07 Å². The summed E-state index contributed by atoms with van der Waals surface area (Å²) in [6.07, 6.45) is 1.33. The molecule has 0 saturated carbocycles. The number of hydrogen-bond donors (Lipinski definition) is 2. The van der Waals surface area contributed by atoms with Crippen molar-refractivity contribution in [2.24, 2.45) is 5.73 Å². The van der Waals surface area contributed by atoms with E-state index in [4.69, 9.17) is 22.7 Å². The number of halogens is 1. The SMILES string of the molecule is NC(=S)c1ccc(CNS(=O)(=O)CC2CCCO2)c(F)c1. The van der Waals surface area contributed by atoms with Crippen molar-refractivity contribution in [2.45, 2.75) is 25.5 Å². The van der Waals surface area contributed by atoms with Crippen LogP contribution in [0.1, 0.15) is 24.0 Å². The molecular formula is C13H17FN2O3S2. The minimum atomic E-state index is -3.50. The van der Waals surface area contributed by atoms with Gasteiger partial charge in [0.15, 0.2) is 0 Å². The molecule has 1 aromatic carbocycles. The summed E-state index contributed by atoms with van der Waals surface area (Å²) in [6.45, 7) is 0.480. The molecule has 0 radical (unpaired) electrons. The first-order valence-electron chi connectivity index (χ1n) is 6.54. The van der Waals surface area contributed by atoms with E-state index in [0.717, 1.165) is 12.8 Å². The van der Waals surface area contributed by atoms with Crippen LogP contribution in [-0.2, 0) is 21.3 Å². The van der Waals surface area contributed by atoms with Crippen LogP contribution in [0.5, 0.6) is 0 Å². The molecule has 0 aliphatic carbocycles. The monoisotopic (exact) mass is 332 g/mol. The van der Waals surface area contributed by atoms with Crippen molar-refractivity contribution >= 4 is 27.2 Å². The molecule has 1 aliphatic heterocycles. The standard InChI is InChI=1S/C13H17FN2O3S2/c14-12-6-9(13(15)20)3-4-10(12)7-16-21(17,18)8-11-2-1-5-19-11/h3-4,6,11,16H,1-2,5,7-8H2,(H2,15,20). The predicted octanol–water partition coefficient (Wildman–Crippen LogP) is 1.06. The van der Waals surface area contributed by atoms with Crippen molar-refractivity contribution in [1.29, 1.82) is 0 Å². The second-order valence-electron chi connectivity index (χ2n) is 4.91. The summed E-state index contributed by atoms with van der Waals surface area (Å²) in [5, 5.41) is 0. The van der Waals surface area contributed by atoms with Gasteiger partial charge in [-0.05, 0) is 18.9 Å². The molecule has 8 heteroatoms. The number of benzene rings is 1. The average molecular weight is 332 g/mol. The Balaban J connectivity index is 1.97. The zero-order chi connectivity index (χ0) is 15.5. The summed E-state index contributed by atoms with van der Waals surface area (Å²) >= 11 is 4.75. The molecular weight excluding hydrogens is 315 g/mol. The molecule has 2 rings (SSSR count). The fourth-order valence-corrected chi connectivity index (χ4v) is 3.48. The highest BCUT2D eigenvalue weighted by Crippen LogP contribution is 2.14. The highest BCUT2D eigenvalue weighted by molar-refractivity contribution is 7.89. The van der Waals surface area contributed by atoms with Gasteiger partial charge in [-0.3, -0.25) is 0 Å². The summed E-state index contributed by atoms with van der Waals surface area (Å²) in [6, 6.07) is 4.24. The van der Waals surface area contributed by atoms with E-state index in [-0.39, 0.29) is 29.0 Å². The normalized spacial score (nSPS) is 18.8. The molecule has 1 heterocycles. The first kappa shape index (κ1) is 16.3. The lowest BCUT2D eigenvalue weighted by atomic mass is 10.1. The van der Waals surface area contributed by atoms with Gasteiger partial charge < -0.3 is 10.5 Å². The fourth-order valence-electron chi connectivity index (χ4n) is 2.11. The Hall–Kier alpha value is -1.09. The van der Waals surface area contributed by atoms with Gasteiger partial charge in [-0.15, -0.1) is 0 Å². The lowest BCUT2D eigenvalue weighted by Gasteiger charge is -2.12. The zero-order valence-corrected chi connectivity index (χ0v) is 13.0. The van der Waals surface area contributed by atoms with Crippen molar-refractivity contribution in [3.63, 3.8) is 0 Å². The van der Waals surface area contributed by atoms with E-state index < -0.39 is 15.8 Å². The van der Waals surface area contributed by atoms with Gasteiger partial charge in [0.25, 0.3) is 0 Å². The van der Waals surface area contributed by atoms with E-state index in [1.165, 1.54) is 12.1 Å². The molecule has 1 fully saturated rings. The summed E-state index contributed by atoms with van der Waals surface area (Å²) < 4.78 is 45.3. The molecule has 1 atom stereocenters. The molecule has 0 amide bonds. The first-order chi connectivity index (χ1) is 9.87. The van der Waals surface area contributed by atoms with E-state index in [9.17, 15) is 12.8 Å².